The van der Waals surface area contributed by atoms with Crippen molar-refractivity contribution in [1.29, 1.82) is 0 Å². The van der Waals surface area contributed by atoms with E-state index in [0.29, 0.717) is 11.5 Å². The first-order valence-corrected chi connectivity index (χ1v) is 11.6. The van der Waals surface area contributed by atoms with Crippen LogP contribution >= 0.6 is 11.3 Å². The Morgan fingerprint density at radius 3 is 2.23 bits per heavy atom. The molecule has 0 spiro atoms. The van der Waals surface area contributed by atoms with E-state index in [0.717, 1.165) is 20.5 Å². The van der Waals surface area contributed by atoms with Crippen molar-refractivity contribution in [2.45, 2.75) is 10.9 Å². The lowest BCUT2D eigenvalue weighted by molar-refractivity contribution is 0.354. The average molecular weight is 440 g/mol. The van der Waals surface area contributed by atoms with Crippen molar-refractivity contribution in [2.75, 3.05) is 14.2 Å². The molecule has 1 N–H and O–H groups in total. The van der Waals surface area contributed by atoms with Gasteiger partial charge in [-0.25, -0.2) is 8.42 Å². The molecule has 30 heavy (non-hydrogen) atoms. The monoisotopic (exact) mass is 439 g/mol. The SMILES string of the molecule is COc1ccc(S(=O)(=O)NC(c2ccccc2)c2cc3ccccc3s2)cc1OC. The van der Waals surface area contributed by atoms with Gasteiger partial charge in [0.15, 0.2) is 11.5 Å². The zero-order valence-electron chi connectivity index (χ0n) is 16.5. The fraction of sp³-hybridized carbons (Fsp3) is 0.130. The van der Waals surface area contributed by atoms with E-state index in [4.69, 9.17) is 9.47 Å². The number of benzene rings is 3. The van der Waals surface area contributed by atoms with E-state index < -0.39 is 16.1 Å². The second kappa shape index (κ2) is 8.47. The topological polar surface area (TPSA) is 64.6 Å². The van der Waals surface area contributed by atoms with E-state index in [2.05, 4.69) is 4.72 Å². The highest BCUT2D eigenvalue weighted by atomic mass is 32.2. The molecule has 0 aliphatic heterocycles. The molecule has 0 radical (unpaired) electrons. The summed E-state index contributed by atoms with van der Waals surface area (Å²) in [5, 5.41) is 1.09. The van der Waals surface area contributed by atoms with Crippen molar-refractivity contribution >= 4 is 31.4 Å². The highest BCUT2D eigenvalue weighted by molar-refractivity contribution is 7.89. The minimum atomic E-state index is -3.83. The van der Waals surface area contributed by atoms with Gasteiger partial charge in [-0.1, -0.05) is 48.5 Å². The van der Waals surface area contributed by atoms with Crippen molar-refractivity contribution in [3.8, 4) is 11.5 Å². The van der Waals surface area contributed by atoms with E-state index in [-0.39, 0.29) is 4.90 Å². The van der Waals surface area contributed by atoms with Gasteiger partial charge in [0, 0.05) is 15.6 Å². The van der Waals surface area contributed by atoms with Gasteiger partial charge in [-0.15, -0.1) is 11.3 Å². The molecule has 154 valence electrons. The van der Waals surface area contributed by atoms with Crippen molar-refractivity contribution in [3.63, 3.8) is 0 Å². The maximum atomic E-state index is 13.3. The Morgan fingerprint density at radius 2 is 1.53 bits per heavy atom. The molecule has 0 fully saturated rings. The summed E-state index contributed by atoms with van der Waals surface area (Å²) >= 11 is 1.58. The lowest BCUT2D eigenvalue weighted by Gasteiger charge is -2.19. The van der Waals surface area contributed by atoms with Crippen LogP contribution in [0.1, 0.15) is 16.5 Å². The summed E-state index contributed by atoms with van der Waals surface area (Å²) < 4.78 is 41.0. The molecular weight excluding hydrogens is 418 g/mol. The van der Waals surface area contributed by atoms with Gasteiger partial charge in [0.05, 0.1) is 25.2 Å². The second-order valence-corrected chi connectivity index (χ2v) is 9.50. The molecule has 0 aliphatic carbocycles. The van der Waals surface area contributed by atoms with Crippen LogP contribution in [-0.4, -0.2) is 22.6 Å². The Bertz CT molecular complexity index is 1230. The molecule has 7 heteroatoms. The highest BCUT2D eigenvalue weighted by Gasteiger charge is 2.25. The lowest BCUT2D eigenvalue weighted by Crippen LogP contribution is -2.29. The number of hydrogen-bond acceptors (Lipinski definition) is 5. The van der Waals surface area contributed by atoms with Gasteiger partial charge < -0.3 is 9.47 Å². The number of nitrogens with one attached hydrogen (secondary N) is 1. The van der Waals surface area contributed by atoms with E-state index in [1.807, 2.05) is 60.7 Å². The van der Waals surface area contributed by atoms with Crippen LogP contribution in [0.15, 0.2) is 83.8 Å². The van der Waals surface area contributed by atoms with Crippen LogP contribution in [0.5, 0.6) is 11.5 Å². The first-order valence-electron chi connectivity index (χ1n) is 9.29. The maximum absolute atomic E-state index is 13.3. The van der Waals surface area contributed by atoms with E-state index in [9.17, 15) is 8.42 Å². The van der Waals surface area contributed by atoms with Crippen LogP contribution in [0.25, 0.3) is 10.1 Å². The third-order valence-electron chi connectivity index (χ3n) is 4.80. The molecule has 5 nitrogen and oxygen atoms in total. The normalized spacial score (nSPS) is 12.6. The Labute approximate surface area is 180 Å². The fourth-order valence-electron chi connectivity index (χ4n) is 3.29. The first kappa shape index (κ1) is 20.4. The molecule has 3 aromatic carbocycles. The van der Waals surface area contributed by atoms with E-state index in [1.54, 1.807) is 17.4 Å². The molecule has 1 atom stereocenters. The Kier molecular flexibility index (Phi) is 5.76. The van der Waals surface area contributed by atoms with Crippen LogP contribution in [-0.2, 0) is 10.0 Å². The first-order chi connectivity index (χ1) is 14.5. The van der Waals surface area contributed by atoms with Gasteiger partial charge in [-0.05, 0) is 35.2 Å². The summed E-state index contributed by atoms with van der Waals surface area (Å²) in [7, 11) is -0.841. The number of thiophene rings is 1. The molecule has 1 unspecified atom stereocenters. The lowest BCUT2D eigenvalue weighted by atomic mass is 10.1. The summed E-state index contributed by atoms with van der Waals surface area (Å²) in [6.07, 6.45) is 0. The van der Waals surface area contributed by atoms with Gasteiger partial charge >= 0.3 is 0 Å². The number of fused-ring (bicyclic) bond motifs is 1. The van der Waals surface area contributed by atoms with Crippen LogP contribution in [0.2, 0.25) is 0 Å². The standard InChI is InChI=1S/C23H21NO4S2/c1-27-19-13-12-18(15-20(19)28-2)30(25,26)24-23(16-8-4-3-5-9-16)22-14-17-10-6-7-11-21(17)29-22/h3-15,23-24H,1-2H3. The summed E-state index contributed by atoms with van der Waals surface area (Å²) in [4.78, 5) is 1.04. The minimum Gasteiger partial charge on any atom is -0.493 e. The fourth-order valence-corrected chi connectivity index (χ4v) is 5.72. The summed E-state index contributed by atoms with van der Waals surface area (Å²) in [6.45, 7) is 0. The number of rotatable bonds is 7. The molecule has 1 heterocycles. The maximum Gasteiger partial charge on any atom is 0.241 e. The highest BCUT2D eigenvalue weighted by Crippen LogP contribution is 2.35. The molecule has 0 bridgehead atoms. The minimum absolute atomic E-state index is 0.113. The number of sulfonamides is 1. The zero-order chi connectivity index (χ0) is 21.1. The Hall–Kier alpha value is -2.87. The van der Waals surface area contributed by atoms with E-state index >= 15 is 0 Å². The largest absolute Gasteiger partial charge is 0.493 e. The van der Waals surface area contributed by atoms with E-state index in [1.165, 1.54) is 26.4 Å². The van der Waals surface area contributed by atoms with Gasteiger partial charge in [0.1, 0.15) is 0 Å². The van der Waals surface area contributed by atoms with Gasteiger partial charge in [0.25, 0.3) is 0 Å². The molecule has 0 amide bonds. The number of ether oxygens (including phenoxy) is 2. The number of hydrogen-bond donors (Lipinski definition) is 1. The van der Waals surface area contributed by atoms with Crippen molar-refractivity contribution in [1.82, 2.24) is 4.72 Å². The van der Waals surface area contributed by atoms with Gasteiger partial charge in [0.2, 0.25) is 10.0 Å². The quantitative estimate of drug-likeness (QED) is 0.441. The van der Waals surface area contributed by atoms with Crippen LogP contribution < -0.4 is 14.2 Å². The van der Waals surface area contributed by atoms with Gasteiger partial charge in [-0.3, -0.25) is 0 Å². The third-order valence-corrected chi connectivity index (χ3v) is 7.40. The molecule has 0 saturated carbocycles. The molecule has 4 rings (SSSR count). The Morgan fingerprint density at radius 1 is 0.833 bits per heavy atom. The smallest absolute Gasteiger partial charge is 0.241 e. The van der Waals surface area contributed by atoms with Crippen molar-refractivity contribution < 1.29 is 17.9 Å². The van der Waals surface area contributed by atoms with Gasteiger partial charge in [-0.2, -0.15) is 4.72 Å². The third kappa shape index (κ3) is 4.05. The average Bonchev–Trinajstić information content (AvgIpc) is 3.21. The predicted molar refractivity (Wildman–Crippen MR) is 120 cm³/mol. The second-order valence-electron chi connectivity index (χ2n) is 6.67. The molecule has 4 aromatic rings. The van der Waals surface area contributed by atoms with Crippen molar-refractivity contribution in [3.05, 3.63) is 89.3 Å². The van der Waals surface area contributed by atoms with Crippen molar-refractivity contribution in [2.24, 2.45) is 0 Å². The summed E-state index contributed by atoms with van der Waals surface area (Å²) in [5.41, 5.74) is 0.869. The number of methoxy groups -OCH3 is 2. The summed E-state index contributed by atoms with van der Waals surface area (Å²) in [5.74, 6) is 0.832. The zero-order valence-corrected chi connectivity index (χ0v) is 18.2. The molecular formula is C23H21NO4S2. The molecule has 0 saturated heterocycles. The van der Waals surface area contributed by atoms with Crippen LogP contribution in [0.4, 0.5) is 0 Å². The Balaban J connectivity index is 1.76. The predicted octanol–water partition coefficient (Wildman–Crippen LogP) is 4.99. The molecule has 0 aliphatic rings. The summed E-state index contributed by atoms with van der Waals surface area (Å²) in [6, 6.07) is 23.7. The van der Waals surface area contributed by atoms with Crippen LogP contribution in [0.3, 0.4) is 0 Å². The molecule has 1 aromatic heterocycles. The van der Waals surface area contributed by atoms with Crippen LogP contribution in [0, 0.1) is 0 Å².